The number of fused-ring (bicyclic) bond motifs is 18. The highest BCUT2D eigenvalue weighted by Gasteiger charge is 2.53. The van der Waals surface area contributed by atoms with Gasteiger partial charge in [-0.2, -0.15) is 0 Å². The summed E-state index contributed by atoms with van der Waals surface area (Å²) in [5.74, 6) is 0. The third-order valence-electron chi connectivity index (χ3n) is 14.8. The van der Waals surface area contributed by atoms with E-state index in [9.17, 15) is 0 Å². The van der Waals surface area contributed by atoms with E-state index >= 15 is 0 Å². The molecule has 0 aliphatic heterocycles. The molecular formula is C62H41NS. The Hall–Kier alpha value is -7.52. The lowest BCUT2D eigenvalue weighted by Crippen LogP contribution is -2.26. The van der Waals surface area contributed by atoms with Crippen molar-refractivity contribution in [1.82, 2.24) is 0 Å². The summed E-state index contributed by atoms with van der Waals surface area (Å²) in [7, 11) is 0. The zero-order valence-electron chi connectivity index (χ0n) is 35.6. The van der Waals surface area contributed by atoms with Gasteiger partial charge >= 0.3 is 0 Å². The Morgan fingerprint density at radius 2 is 0.984 bits per heavy atom. The van der Waals surface area contributed by atoms with Crippen LogP contribution in [-0.4, -0.2) is 0 Å². The second kappa shape index (κ2) is 13.0. The average Bonchev–Trinajstić information content (AvgIpc) is 4.04. The Kier molecular flexibility index (Phi) is 7.32. The predicted molar refractivity (Wildman–Crippen MR) is 271 cm³/mol. The summed E-state index contributed by atoms with van der Waals surface area (Å²) in [6.45, 7) is 4.72. The van der Waals surface area contributed by atoms with Crippen LogP contribution in [0.4, 0.5) is 17.1 Å². The van der Waals surface area contributed by atoms with Crippen LogP contribution in [0.3, 0.4) is 0 Å². The molecule has 1 unspecified atom stereocenters. The number of nitrogens with zero attached hydrogens (tertiary/aromatic N) is 1. The van der Waals surface area contributed by atoms with Gasteiger partial charge in [0.1, 0.15) is 0 Å². The van der Waals surface area contributed by atoms with E-state index in [0.29, 0.717) is 0 Å². The van der Waals surface area contributed by atoms with Crippen molar-refractivity contribution in [3.05, 3.63) is 246 Å². The molecule has 0 amide bonds. The fraction of sp³-hybridized carbons (Fsp3) is 0.0645. The van der Waals surface area contributed by atoms with Gasteiger partial charge in [-0.15, -0.1) is 11.3 Å². The molecule has 14 rings (SSSR count). The number of hydrogen-bond donors (Lipinski definition) is 0. The fourth-order valence-electron chi connectivity index (χ4n) is 12.1. The van der Waals surface area contributed by atoms with E-state index in [1.807, 2.05) is 11.3 Å². The number of benzene rings is 10. The number of thiophene rings is 1. The topological polar surface area (TPSA) is 3.24 Å². The molecule has 0 fully saturated rings. The largest absolute Gasteiger partial charge is 0.310 e. The molecule has 0 saturated carbocycles. The highest BCUT2D eigenvalue weighted by atomic mass is 32.1. The van der Waals surface area contributed by atoms with E-state index in [1.165, 1.54) is 109 Å². The quantitative estimate of drug-likeness (QED) is 0.171. The van der Waals surface area contributed by atoms with Gasteiger partial charge in [0.05, 0.1) is 5.41 Å². The van der Waals surface area contributed by atoms with Crippen LogP contribution in [0.5, 0.6) is 0 Å². The molecule has 0 saturated heterocycles. The number of para-hydroxylation sites is 1. The maximum Gasteiger partial charge on any atom is 0.0731 e. The Morgan fingerprint density at radius 1 is 0.375 bits per heavy atom. The molecule has 64 heavy (non-hydrogen) atoms. The zero-order chi connectivity index (χ0) is 42.3. The summed E-state index contributed by atoms with van der Waals surface area (Å²) in [5.41, 5.74) is 21.7. The van der Waals surface area contributed by atoms with Gasteiger partial charge in [0.25, 0.3) is 0 Å². The van der Waals surface area contributed by atoms with Crippen LogP contribution in [-0.2, 0) is 10.8 Å². The Bertz CT molecular complexity index is 3780. The van der Waals surface area contributed by atoms with Gasteiger partial charge in [0.2, 0.25) is 0 Å². The van der Waals surface area contributed by atoms with Crippen molar-refractivity contribution in [3.8, 4) is 44.5 Å². The first-order valence-electron chi connectivity index (χ1n) is 22.4. The maximum absolute atomic E-state index is 2.46. The summed E-state index contributed by atoms with van der Waals surface area (Å²) >= 11 is 1.90. The number of hydrogen-bond acceptors (Lipinski definition) is 2. The lowest BCUT2D eigenvalue weighted by Gasteiger charge is -2.32. The SMILES string of the molecule is CC1(C)c2ccccc2-c2ccc(N(c3ccccc3)c3ccc4cc(-c5cccc6c5C5(c7ccccc7-6)c6ccccc6-c6c5ccc5sc7ccccc7c65)ccc4c3)cc21. The van der Waals surface area contributed by atoms with E-state index in [-0.39, 0.29) is 5.41 Å². The van der Waals surface area contributed by atoms with Crippen molar-refractivity contribution in [2.45, 2.75) is 24.7 Å². The average molecular weight is 832 g/mol. The third-order valence-corrected chi connectivity index (χ3v) is 16.0. The van der Waals surface area contributed by atoms with Gasteiger partial charge in [0, 0.05) is 42.6 Å². The van der Waals surface area contributed by atoms with Gasteiger partial charge in [-0.25, -0.2) is 0 Å². The molecule has 1 heterocycles. The molecule has 1 spiro atoms. The highest BCUT2D eigenvalue weighted by molar-refractivity contribution is 7.26. The van der Waals surface area contributed by atoms with Crippen molar-refractivity contribution in [1.29, 1.82) is 0 Å². The maximum atomic E-state index is 2.46. The Morgan fingerprint density at radius 3 is 1.83 bits per heavy atom. The third kappa shape index (κ3) is 4.68. The molecule has 11 aromatic rings. The second-order valence-electron chi connectivity index (χ2n) is 18.3. The molecule has 0 radical (unpaired) electrons. The number of rotatable bonds is 4. The standard InChI is InChI=1S/C62H41NS/c1-61(2)51-23-10-6-17-45(51)47-32-31-43(37-55(47)61)63(41-15-4-3-5-16-41)42-30-29-38-35-40(28-27-39(38)36-42)44-21-14-22-48-46-18-7-11-24-52(46)62(60(44)48)53-25-12-8-19-49(53)58-54(62)33-34-57-59(58)50-20-9-13-26-56(50)64-57/h3-37H,1-2H3. The lowest BCUT2D eigenvalue weighted by atomic mass is 9.68. The molecular weight excluding hydrogens is 791 g/mol. The molecule has 1 atom stereocenters. The fourth-order valence-corrected chi connectivity index (χ4v) is 13.3. The monoisotopic (exact) mass is 831 g/mol. The van der Waals surface area contributed by atoms with Crippen LogP contribution in [0, 0.1) is 0 Å². The molecule has 1 nitrogen and oxygen atoms in total. The molecule has 0 N–H and O–H groups in total. The predicted octanol–water partition coefficient (Wildman–Crippen LogP) is 17.0. The first-order valence-corrected chi connectivity index (χ1v) is 23.2. The Labute approximate surface area is 377 Å². The van der Waals surface area contributed by atoms with Crippen LogP contribution in [0.2, 0.25) is 0 Å². The molecule has 3 aliphatic rings. The van der Waals surface area contributed by atoms with Gasteiger partial charge < -0.3 is 4.90 Å². The van der Waals surface area contributed by atoms with Crippen molar-refractivity contribution in [3.63, 3.8) is 0 Å². The summed E-state index contributed by atoms with van der Waals surface area (Å²) in [6.07, 6.45) is 0. The first-order chi connectivity index (χ1) is 31.5. The van der Waals surface area contributed by atoms with Gasteiger partial charge in [-0.05, 0) is 143 Å². The minimum absolute atomic E-state index is 0.0885. The van der Waals surface area contributed by atoms with Crippen LogP contribution in [0.25, 0.3) is 75.5 Å². The molecule has 2 heteroatoms. The molecule has 10 aromatic carbocycles. The second-order valence-corrected chi connectivity index (χ2v) is 19.4. The van der Waals surface area contributed by atoms with Gasteiger partial charge in [0.15, 0.2) is 0 Å². The highest BCUT2D eigenvalue weighted by Crippen LogP contribution is 2.66. The van der Waals surface area contributed by atoms with E-state index in [0.717, 1.165) is 17.1 Å². The minimum atomic E-state index is -0.466. The smallest absolute Gasteiger partial charge is 0.0731 e. The summed E-state index contributed by atoms with van der Waals surface area (Å²) < 4.78 is 2.68. The van der Waals surface area contributed by atoms with Crippen LogP contribution >= 0.6 is 11.3 Å². The summed E-state index contributed by atoms with van der Waals surface area (Å²) in [5, 5.41) is 5.16. The van der Waals surface area contributed by atoms with Crippen molar-refractivity contribution >= 4 is 59.3 Å². The van der Waals surface area contributed by atoms with Gasteiger partial charge in [-0.1, -0.05) is 172 Å². The van der Waals surface area contributed by atoms with Gasteiger partial charge in [-0.3, -0.25) is 0 Å². The number of anilines is 3. The van der Waals surface area contributed by atoms with Crippen LogP contribution in [0.15, 0.2) is 212 Å². The van der Waals surface area contributed by atoms with Crippen molar-refractivity contribution in [2.24, 2.45) is 0 Å². The summed E-state index contributed by atoms with van der Waals surface area (Å²) in [4.78, 5) is 2.42. The molecule has 1 aromatic heterocycles. The summed E-state index contributed by atoms with van der Waals surface area (Å²) in [6, 6.07) is 80.1. The first kappa shape index (κ1) is 36.0. The molecule has 300 valence electrons. The molecule has 0 bridgehead atoms. The van der Waals surface area contributed by atoms with Crippen LogP contribution in [0.1, 0.15) is 47.2 Å². The zero-order valence-corrected chi connectivity index (χ0v) is 36.4. The van der Waals surface area contributed by atoms with Crippen molar-refractivity contribution in [2.75, 3.05) is 4.90 Å². The van der Waals surface area contributed by atoms with Crippen molar-refractivity contribution < 1.29 is 0 Å². The van der Waals surface area contributed by atoms with E-state index in [2.05, 4.69) is 231 Å². The van der Waals surface area contributed by atoms with E-state index in [1.54, 1.807) is 0 Å². The normalized spacial score (nSPS) is 15.8. The van der Waals surface area contributed by atoms with E-state index < -0.39 is 5.41 Å². The van der Waals surface area contributed by atoms with Crippen LogP contribution < -0.4 is 4.90 Å². The molecule has 3 aliphatic carbocycles. The lowest BCUT2D eigenvalue weighted by molar-refractivity contribution is 0.660. The minimum Gasteiger partial charge on any atom is -0.310 e. The van der Waals surface area contributed by atoms with E-state index in [4.69, 9.17) is 0 Å². The Balaban J connectivity index is 0.945.